The van der Waals surface area contributed by atoms with Crippen molar-refractivity contribution >= 4 is 94.2 Å². The molecule has 0 aliphatic heterocycles. The van der Waals surface area contributed by atoms with Gasteiger partial charge in [-0.25, -0.2) is 0 Å². The van der Waals surface area contributed by atoms with Gasteiger partial charge in [-0.2, -0.15) is 5.26 Å². The predicted octanol–water partition coefficient (Wildman–Crippen LogP) is 12.2. The second kappa shape index (κ2) is 15.0. The third kappa shape index (κ3) is 5.43. The van der Waals surface area contributed by atoms with Gasteiger partial charge in [-0.05, 0) is 93.5 Å². The van der Waals surface area contributed by atoms with E-state index in [4.69, 9.17) is 0 Å². The summed E-state index contributed by atoms with van der Waals surface area (Å²) in [7, 11) is -2.80. The molecule has 4 nitrogen and oxygen atoms in total. The third-order valence-electron chi connectivity index (χ3n) is 13.8. The van der Waals surface area contributed by atoms with Crippen LogP contribution in [0.25, 0.3) is 82.5 Å². The molecule has 0 N–H and O–H groups in total. The molecular weight excluding hydrogens is 817 g/mol. The molecule has 0 bridgehead atoms. The molecule has 0 amide bonds. The van der Waals surface area contributed by atoms with E-state index in [2.05, 4.69) is 250 Å². The van der Waals surface area contributed by atoms with Crippen LogP contribution in [-0.4, -0.2) is 21.8 Å². The Bertz CT molecular complexity index is 3960. The van der Waals surface area contributed by atoms with E-state index in [-0.39, 0.29) is 0 Å². The Morgan fingerprint density at radius 3 is 1.27 bits per heavy atom. The Labute approximate surface area is 382 Å². The normalized spacial score (nSPS) is 11.9. The van der Waals surface area contributed by atoms with E-state index >= 15 is 0 Å². The van der Waals surface area contributed by atoms with E-state index in [0.717, 1.165) is 60.9 Å². The highest BCUT2D eigenvalue weighted by atomic mass is 28.3. The molecule has 0 spiro atoms. The molecule has 0 aliphatic rings. The molecule has 3 aromatic heterocycles. The maximum atomic E-state index is 9.89. The zero-order valence-corrected chi connectivity index (χ0v) is 36.9. The lowest BCUT2D eigenvalue weighted by molar-refractivity contribution is 1.17. The molecule has 13 rings (SSSR count). The Morgan fingerprint density at radius 1 is 0.303 bits per heavy atom. The molecule has 0 unspecified atom stereocenters. The number of hydrogen-bond donors (Lipinski definition) is 0. The van der Waals surface area contributed by atoms with Gasteiger partial charge >= 0.3 is 0 Å². The first kappa shape index (κ1) is 37.8. The molecule has 0 fully saturated rings. The number of fused-ring (bicyclic) bond motifs is 9. The van der Waals surface area contributed by atoms with Crippen molar-refractivity contribution in [2.45, 2.75) is 0 Å². The number of aromatic nitrogens is 3. The molecule has 0 aliphatic carbocycles. The summed E-state index contributed by atoms with van der Waals surface area (Å²) in [4.78, 5) is 0. The lowest BCUT2D eigenvalue weighted by Crippen LogP contribution is -2.74. The topological polar surface area (TPSA) is 38.6 Å². The number of hydrogen-bond acceptors (Lipinski definition) is 1. The summed E-state index contributed by atoms with van der Waals surface area (Å²) in [6.45, 7) is 0. The first-order valence-corrected chi connectivity index (χ1v) is 24.5. The Hall–Kier alpha value is -8.69. The molecule has 0 atom stereocenters. The molecule has 3 heterocycles. The van der Waals surface area contributed by atoms with E-state index in [1.54, 1.807) is 0 Å². The molecule has 0 radical (unpaired) electrons. The maximum absolute atomic E-state index is 9.89. The molecular formula is C61H40N4Si. The van der Waals surface area contributed by atoms with Crippen LogP contribution in [0, 0.1) is 11.3 Å². The molecule has 13 aromatic rings. The van der Waals surface area contributed by atoms with E-state index in [1.165, 1.54) is 42.3 Å². The fourth-order valence-electron chi connectivity index (χ4n) is 11.2. The van der Waals surface area contributed by atoms with Gasteiger partial charge in [-0.15, -0.1) is 0 Å². The minimum atomic E-state index is -2.80. The molecule has 10 aromatic carbocycles. The highest BCUT2D eigenvalue weighted by molar-refractivity contribution is 7.19. The Balaban J connectivity index is 1.08. The highest BCUT2D eigenvalue weighted by Gasteiger charge is 2.41. The standard InChI is InChI=1S/C61H40N4Si/c62-41-42-37-38-55-51(39-42)48-27-10-13-30-52(48)64(55)57-34-18-36-59-61(57)50-29-12-15-32-54(50)65(59)58-35-17-33-56-60(58)49-28-11-14-31-53(49)63(56)43-19-16-26-47(40-43)66(44-20-4-1-5-21-44,45-22-6-2-7-23-45)46-24-8-3-9-25-46/h1-40H. The summed E-state index contributed by atoms with van der Waals surface area (Å²) in [6.07, 6.45) is 0. The number of nitrogens with zero attached hydrogens (tertiary/aromatic N) is 4. The average Bonchev–Trinajstić information content (AvgIpc) is 4.03. The van der Waals surface area contributed by atoms with Crippen LogP contribution in [-0.2, 0) is 0 Å². The fourth-order valence-corrected chi connectivity index (χ4v) is 15.9. The van der Waals surface area contributed by atoms with Crippen molar-refractivity contribution in [2.24, 2.45) is 0 Å². The van der Waals surface area contributed by atoms with Gasteiger partial charge in [-0.1, -0.05) is 170 Å². The van der Waals surface area contributed by atoms with E-state index < -0.39 is 8.07 Å². The summed E-state index contributed by atoms with van der Waals surface area (Å²) in [5.74, 6) is 0. The van der Waals surface area contributed by atoms with Crippen molar-refractivity contribution in [1.82, 2.24) is 13.7 Å². The SMILES string of the molecule is N#Cc1ccc2c(c1)c1ccccc1n2-c1cccc2c1c1ccccc1n2-c1cccc2c1c1ccccc1n2-c1cccc([Si](c2ccccc2)(c2ccccc2)c2ccccc2)c1. The van der Waals surface area contributed by atoms with Crippen LogP contribution in [0.3, 0.4) is 0 Å². The predicted molar refractivity (Wildman–Crippen MR) is 278 cm³/mol. The number of rotatable bonds is 7. The van der Waals surface area contributed by atoms with Crippen LogP contribution in [0.1, 0.15) is 5.56 Å². The minimum Gasteiger partial charge on any atom is -0.309 e. The van der Waals surface area contributed by atoms with Gasteiger partial charge in [0.25, 0.3) is 0 Å². The summed E-state index contributed by atoms with van der Waals surface area (Å²) in [5.41, 5.74) is 10.8. The molecule has 0 saturated carbocycles. The van der Waals surface area contributed by atoms with Crippen molar-refractivity contribution in [1.29, 1.82) is 5.26 Å². The van der Waals surface area contributed by atoms with E-state index in [9.17, 15) is 5.26 Å². The summed E-state index contributed by atoms with van der Waals surface area (Å²) in [6, 6.07) is 91.0. The van der Waals surface area contributed by atoms with Crippen molar-refractivity contribution < 1.29 is 0 Å². The smallest absolute Gasteiger partial charge is 0.179 e. The van der Waals surface area contributed by atoms with Gasteiger partial charge in [0.05, 0.1) is 56.1 Å². The van der Waals surface area contributed by atoms with Crippen molar-refractivity contribution in [3.05, 3.63) is 248 Å². The van der Waals surface area contributed by atoms with Crippen molar-refractivity contribution in [2.75, 3.05) is 0 Å². The lowest BCUT2D eigenvalue weighted by Gasteiger charge is -2.34. The average molecular weight is 857 g/mol. The van der Waals surface area contributed by atoms with Crippen molar-refractivity contribution in [3.8, 4) is 23.1 Å². The zero-order valence-electron chi connectivity index (χ0n) is 35.9. The second-order valence-electron chi connectivity index (χ2n) is 17.1. The molecule has 66 heavy (non-hydrogen) atoms. The summed E-state index contributed by atoms with van der Waals surface area (Å²) in [5, 5.41) is 22.2. The second-order valence-corrected chi connectivity index (χ2v) is 21.0. The lowest BCUT2D eigenvalue weighted by atomic mass is 10.1. The Kier molecular flexibility index (Phi) is 8.57. The van der Waals surface area contributed by atoms with E-state index in [0.29, 0.717) is 5.56 Å². The van der Waals surface area contributed by atoms with Gasteiger partial charge in [0.2, 0.25) is 0 Å². The van der Waals surface area contributed by atoms with Crippen LogP contribution in [0.4, 0.5) is 0 Å². The third-order valence-corrected chi connectivity index (χ3v) is 18.6. The summed E-state index contributed by atoms with van der Waals surface area (Å²) >= 11 is 0. The first-order valence-electron chi connectivity index (χ1n) is 22.5. The van der Waals surface area contributed by atoms with Gasteiger partial charge < -0.3 is 13.7 Å². The van der Waals surface area contributed by atoms with Crippen molar-refractivity contribution in [3.63, 3.8) is 0 Å². The monoisotopic (exact) mass is 856 g/mol. The van der Waals surface area contributed by atoms with Crippen LogP contribution < -0.4 is 20.7 Å². The Morgan fingerprint density at radius 2 is 0.712 bits per heavy atom. The highest BCUT2D eigenvalue weighted by Crippen LogP contribution is 2.43. The minimum absolute atomic E-state index is 0.657. The zero-order chi connectivity index (χ0) is 43.8. The van der Waals surface area contributed by atoms with Gasteiger partial charge in [0, 0.05) is 38.0 Å². The van der Waals surface area contributed by atoms with Gasteiger partial charge in [-0.3, -0.25) is 0 Å². The van der Waals surface area contributed by atoms with Crippen LogP contribution >= 0.6 is 0 Å². The maximum Gasteiger partial charge on any atom is 0.179 e. The fraction of sp³-hybridized carbons (Fsp3) is 0. The number of benzene rings is 10. The van der Waals surface area contributed by atoms with Gasteiger partial charge in [0.1, 0.15) is 0 Å². The van der Waals surface area contributed by atoms with E-state index in [1.807, 2.05) is 12.1 Å². The number of para-hydroxylation sites is 3. The molecule has 5 heteroatoms. The molecule has 308 valence electrons. The van der Waals surface area contributed by atoms with Gasteiger partial charge in [0.15, 0.2) is 8.07 Å². The largest absolute Gasteiger partial charge is 0.309 e. The summed E-state index contributed by atoms with van der Waals surface area (Å²) < 4.78 is 7.34. The van der Waals surface area contributed by atoms with Crippen LogP contribution in [0.2, 0.25) is 0 Å². The van der Waals surface area contributed by atoms with Crippen LogP contribution in [0.5, 0.6) is 0 Å². The first-order chi connectivity index (χ1) is 32.7. The number of nitriles is 1. The van der Waals surface area contributed by atoms with Crippen LogP contribution in [0.15, 0.2) is 243 Å². The molecule has 0 saturated heterocycles. The quantitative estimate of drug-likeness (QED) is 0.116.